The van der Waals surface area contributed by atoms with Crippen LogP contribution in [0.1, 0.15) is 26.3 Å². The van der Waals surface area contributed by atoms with E-state index in [1.165, 1.54) is 0 Å². The summed E-state index contributed by atoms with van der Waals surface area (Å²) in [5.41, 5.74) is 1.15. The lowest BCUT2D eigenvalue weighted by molar-refractivity contribution is -0.0303. The SMILES string of the molecule is CCOc1c(Br)cc(CNCC2CN(CC(C)C)CCO2)cc1OC. The molecule has 0 aromatic heterocycles. The second kappa shape index (κ2) is 10.4. The fourth-order valence-corrected chi connectivity index (χ4v) is 3.73. The third kappa shape index (κ3) is 6.44. The molecular formula is C19H31BrN2O3. The summed E-state index contributed by atoms with van der Waals surface area (Å²) < 4.78 is 17.9. The Hall–Kier alpha value is -0.820. The van der Waals surface area contributed by atoms with Crippen LogP contribution in [0, 0.1) is 5.92 Å². The molecule has 0 aliphatic carbocycles. The van der Waals surface area contributed by atoms with Crippen LogP contribution in [0.15, 0.2) is 16.6 Å². The van der Waals surface area contributed by atoms with Crippen LogP contribution in [0.3, 0.4) is 0 Å². The van der Waals surface area contributed by atoms with Crippen molar-refractivity contribution in [1.82, 2.24) is 10.2 Å². The largest absolute Gasteiger partial charge is 0.493 e. The smallest absolute Gasteiger partial charge is 0.175 e. The predicted octanol–water partition coefficient (Wildman–Crippen LogP) is 3.30. The lowest BCUT2D eigenvalue weighted by atomic mass is 10.1. The first-order valence-electron chi connectivity index (χ1n) is 9.07. The summed E-state index contributed by atoms with van der Waals surface area (Å²) >= 11 is 3.57. The number of benzene rings is 1. The Morgan fingerprint density at radius 2 is 2.20 bits per heavy atom. The zero-order valence-corrected chi connectivity index (χ0v) is 17.4. The summed E-state index contributed by atoms with van der Waals surface area (Å²) in [4.78, 5) is 2.50. The van der Waals surface area contributed by atoms with Gasteiger partial charge in [-0.05, 0) is 46.5 Å². The van der Waals surface area contributed by atoms with Crippen LogP contribution < -0.4 is 14.8 Å². The molecule has 1 aliphatic rings. The topological polar surface area (TPSA) is 43.0 Å². The minimum atomic E-state index is 0.250. The van der Waals surface area contributed by atoms with Gasteiger partial charge in [0.15, 0.2) is 11.5 Å². The fourth-order valence-electron chi connectivity index (χ4n) is 3.12. The molecule has 1 N–H and O–H groups in total. The minimum absolute atomic E-state index is 0.250. The Morgan fingerprint density at radius 1 is 1.40 bits per heavy atom. The van der Waals surface area contributed by atoms with Crippen LogP contribution in [-0.2, 0) is 11.3 Å². The Bertz CT molecular complexity index is 540. The molecular weight excluding hydrogens is 384 g/mol. The van der Waals surface area contributed by atoms with E-state index in [1.54, 1.807) is 7.11 Å². The highest BCUT2D eigenvalue weighted by Crippen LogP contribution is 2.36. The maximum Gasteiger partial charge on any atom is 0.175 e. The van der Waals surface area contributed by atoms with Crippen LogP contribution in [-0.4, -0.2) is 57.5 Å². The van der Waals surface area contributed by atoms with E-state index in [9.17, 15) is 0 Å². The third-order valence-corrected chi connectivity index (χ3v) is 4.71. The molecule has 1 aliphatic heterocycles. The van der Waals surface area contributed by atoms with Gasteiger partial charge in [0, 0.05) is 32.7 Å². The second-order valence-electron chi connectivity index (χ2n) is 6.82. The summed E-state index contributed by atoms with van der Waals surface area (Å²) in [6.45, 7) is 12.7. The van der Waals surface area contributed by atoms with Crippen LogP contribution in [0.2, 0.25) is 0 Å². The summed E-state index contributed by atoms with van der Waals surface area (Å²) in [5.74, 6) is 2.21. The molecule has 0 amide bonds. The molecule has 25 heavy (non-hydrogen) atoms. The number of hydrogen-bond donors (Lipinski definition) is 1. The molecule has 2 rings (SSSR count). The molecule has 1 unspecified atom stereocenters. The number of halogens is 1. The Kier molecular flexibility index (Phi) is 8.49. The van der Waals surface area contributed by atoms with Crippen LogP contribution >= 0.6 is 15.9 Å². The van der Waals surface area contributed by atoms with Gasteiger partial charge in [-0.2, -0.15) is 0 Å². The highest BCUT2D eigenvalue weighted by Gasteiger charge is 2.20. The number of rotatable bonds is 9. The summed E-state index contributed by atoms with van der Waals surface area (Å²) in [7, 11) is 1.67. The van der Waals surface area contributed by atoms with Gasteiger partial charge in [0.05, 0.1) is 30.9 Å². The van der Waals surface area contributed by atoms with E-state index < -0.39 is 0 Å². The maximum absolute atomic E-state index is 5.89. The van der Waals surface area contributed by atoms with Gasteiger partial charge in [0.1, 0.15) is 0 Å². The van der Waals surface area contributed by atoms with Crippen molar-refractivity contribution in [1.29, 1.82) is 0 Å². The molecule has 0 radical (unpaired) electrons. The van der Waals surface area contributed by atoms with Crippen molar-refractivity contribution in [2.45, 2.75) is 33.4 Å². The molecule has 1 saturated heterocycles. The third-order valence-electron chi connectivity index (χ3n) is 4.13. The summed E-state index contributed by atoms with van der Waals surface area (Å²) in [6, 6.07) is 4.10. The van der Waals surface area contributed by atoms with Gasteiger partial charge in [0.25, 0.3) is 0 Å². The number of nitrogens with zero attached hydrogens (tertiary/aromatic N) is 1. The average molecular weight is 415 g/mol. The van der Waals surface area contributed by atoms with Crippen molar-refractivity contribution in [2.24, 2.45) is 5.92 Å². The van der Waals surface area contributed by atoms with Crippen molar-refractivity contribution in [2.75, 3.05) is 46.5 Å². The summed E-state index contributed by atoms with van der Waals surface area (Å²) in [6.07, 6.45) is 0.250. The standard InChI is InChI=1S/C19H31BrN2O3/c1-5-24-19-17(20)8-15(9-18(19)23-4)10-21-11-16-13-22(6-7-25-16)12-14(2)3/h8-9,14,16,21H,5-7,10-13H2,1-4H3. The van der Waals surface area contributed by atoms with Gasteiger partial charge in [0.2, 0.25) is 0 Å². The first-order chi connectivity index (χ1) is 12.0. The van der Waals surface area contributed by atoms with Crippen molar-refractivity contribution in [3.05, 3.63) is 22.2 Å². The molecule has 0 bridgehead atoms. The van der Waals surface area contributed by atoms with Crippen molar-refractivity contribution < 1.29 is 14.2 Å². The maximum atomic E-state index is 5.89. The molecule has 1 heterocycles. The van der Waals surface area contributed by atoms with E-state index in [4.69, 9.17) is 14.2 Å². The van der Waals surface area contributed by atoms with Gasteiger partial charge < -0.3 is 19.5 Å². The van der Waals surface area contributed by atoms with Crippen LogP contribution in [0.4, 0.5) is 0 Å². The second-order valence-corrected chi connectivity index (χ2v) is 7.67. The molecule has 0 saturated carbocycles. The van der Waals surface area contributed by atoms with Gasteiger partial charge >= 0.3 is 0 Å². The van der Waals surface area contributed by atoms with Gasteiger partial charge in [-0.1, -0.05) is 13.8 Å². The zero-order chi connectivity index (χ0) is 18.2. The minimum Gasteiger partial charge on any atom is -0.493 e. The molecule has 142 valence electrons. The molecule has 5 nitrogen and oxygen atoms in total. The van der Waals surface area contributed by atoms with E-state index >= 15 is 0 Å². The van der Waals surface area contributed by atoms with Crippen LogP contribution in [0.25, 0.3) is 0 Å². The quantitative estimate of drug-likeness (QED) is 0.671. The number of hydrogen-bond acceptors (Lipinski definition) is 5. The summed E-state index contributed by atoms with van der Waals surface area (Å²) in [5, 5.41) is 3.51. The first-order valence-corrected chi connectivity index (χ1v) is 9.86. The monoisotopic (exact) mass is 414 g/mol. The number of methoxy groups -OCH3 is 1. The van der Waals surface area contributed by atoms with Crippen molar-refractivity contribution in [3.8, 4) is 11.5 Å². The average Bonchev–Trinajstić information content (AvgIpc) is 2.57. The van der Waals surface area contributed by atoms with Crippen LogP contribution in [0.5, 0.6) is 11.5 Å². The van der Waals surface area contributed by atoms with Gasteiger partial charge in [-0.25, -0.2) is 0 Å². The highest BCUT2D eigenvalue weighted by molar-refractivity contribution is 9.10. The molecule has 1 atom stereocenters. The molecule has 0 spiro atoms. The zero-order valence-electron chi connectivity index (χ0n) is 15.8. The Labute approximate surface area is 160 Å². The van der Waals surface area contributed by atoms with Gasteiger partial charge in [-0.15, -0.1) is 0 Å². The number of nitrogens with one attached hydrogen (secondary N) is 1. The molecule has 1 aromatic rings. The van der Waals surface area contributed by atoms with Crippen molar-refractivity contribution >= 4 is 15.9 Å². The molecule has 1 aromatic carbocycles. The Balaban J connectivity index is 1.86. The van der Waals surface area contributed by atoms with E-state index in [2.05, 4.69) is 46.1 Å². The number of morpholine rings is 1. The van der Waals surface area contributed by atoms with E-state index in [-0.39, 0.29) is 6.10 Å². The van der Waals surface area contributed by atoms with E-state index in [0.717, 1.165) is 60.9 Å². The lowest BCUT2D eigenvalue weighted by Crippen LogP contribution is -2.47. The predicted molar refractivity (Wildman–Crippen MR) is 105 cm³/mol. The van der Waals surface area contributed by atoms with E-state index in [0.29, 0.717) is 12.5 Å². The van der Waals surface area contributed by atoms with Crippen molar-refractivity contribution in [3.63, 3.8) is 0 Å². The van der Waals surface area contributed by atoms with Gasteiger partial charge in [-0.3, -0.25) is 4.90 Å². The first kappa shape index (κ1) is 20.5. The molecule has 1 fully saturated rings. The lowest BCUT2D eigenvalue weighted by Gasteiger charge is -2.34. The fraction of sp³-hybridized carbons (Fsp3) is 0.684. The van der Waals surface area contributed by atoms with E-state index in [1.807, 2.05) is 13.0 Å². The molecule has 6 heteroatoms. The Morgan fingerprint density at radius 3 is 2.88 bits per heavy atom. The highest BCUT2D eigenvalue weighted by atomic mass is 79.9. The number of ether oxygens (including phenoxy) is 3. The normalized spacial score (nSPS) is 18.6.